The van der Waals surface area contributed by atoms with Crippen LogP contribution in [0.3, 0.4) is 0 Å². The molecule has 0 aromatic carbocycles. The Balaban J connectivity index is 4.67. The Kier molecular flexibility index (Phi) is 5.15. The minimum absolute atomic E-state index is 0.254. The molecule has 0 rings (SSSR count). The van der Waals surface area contributed by atoms with E-state index in [0.717, 1.165) is 0 Å². The Labute approximate surface area is 83.8 Å². The lowest BCUT2D eigenvalue weighted by Crippen LogP contribution is -2.55. The molecule has 0 heterocycles. The van der Waals surface area contributed by atoms with Crippen molar-refractivity contribution in [3.8, 4) is 0 Å². The Bertz CT molecular complexity index is 211. The smallest absolute Gasteiger partial charge is 0.359 e. The summed E-state index contributed by atoms with van der Waals surface area (Å²) in [6, 6.07) is 0. The van der Waals surface area contributed by atoms with Gasteiger partial charge in [-0.3, -0.25) is 4.79 Å². The molecule has 1 N–H and O–H groups in total. The van der Waals surface area contributed by atoms with Crippen LogP contribution in [0.25, 0.3) is 0 Å². The second-order valence-electron chi connectivity index (χ2n) is 2.79. The van der Waals surface area contributed by atoms with Gasteiger partial charge in [0.05, 0.1) is 6.61 Å². The van der Waals surface area contributed by atoms with Gasteiger partial charge in [-0.25, -0.2) is 4.79 Å². The molecule has 0 aliphatic carbocycles. The summed E-state index contributed by atoms with van der Waals surface area (Å²) < 4.78 is 9.82. The molecule has 0 bridgehead atoms. The maximum absolute atomic E-state index is 11.5. The first-order chi connectivity index (χ1) is 6.52. The summed E-state index contributed by atoms with van der Waals surface area (Å²) in [6.07, 6.45) is 0.321. The molecule has 14 heavy (non-hydrogen) atoms. The lowest BCUT2D eigenvalue weighted by molar-refractivity contribution is -0.176. The fraction of sp³-hybridized carbons (Fsp3) is 0.778. The highest BCUT2D eigenvalue weighted by molar-refractivity contribution is 5.85. The van der Waals surface area contributed by atoms with Gasteiger partial charge >= 0.3 is 5.97 Å². The molecule has 0 fully saturated rings. The Morgan fingerprint density at radius 2 is 1.93 bits per heavy atom. The van der Waals surface area contributed by atoms with E-state index in [1.165, 1.54) is 14.0 Å². The van der Waals surface area contributed by atoms with Gasteiger partial charge in [-0.1, -0.05) is 6.92 Å². The topological polar surface area (TPSA) is 64.6 Å². The number of hydrogen-bond acceptors (Lipinski definition) is 4. The molecule has 82 valence electrons. The van der Waals surface area contributed by atoms with E-state index >= 15 is 0 Å². The Morgan fingerprint density at radius 1 is 1.36 bits per heavy atom. The number of amides is 1. The maximum atomic E-state index is 11.5. The van der Waals surface area contributed by atoms with Crippen LogP contribution >= 0.6 is 0 Å². The highest BCUT2D eigenvalue weighted by Gasteiger charge is 2.39. The molecule has 5 heteroatoms. The molecule has 0 aliphatic rings. The molecular formula is C9H17NO4. The van der Waals surface area contributed by atoms with Gasteiger partial charge in [0.1, 0.15) is 0 Å². The molecule has 0 saturated carbocycles. The van der Waals surface area contributed by atoms with Crippen LogP contribution in [0.2, 0.25) is 0 Å². The number of rotatable bonds is 5. The molecule has 0 aromatic rings. The molecule has 5 nitrogen and oxygen atoms in total. The number of carbonyl (C=O) groups is 2. The van der Waals surface area contributed by atoms with Gasteiger partial charge in [-0.05, 0) is 6.92 Å². The normalized spacial score (nSPS) is 14.3. The number of methoxy groups -OCH3 is 1. The SMILES string of the molecule is CCOC(=O)C(CC)(NC(C)=O)OC. The number of esters is 1. The van der Waals surface area contributed by atoms with Crippen molar-refractivity contribution in [1.82, 2.24) is 5.32 Å². The average Bonchev–Trinajstić information content (AvgIpc) is 2.14. The van der Waals surface area contributed by atoms with E-state index in [2.05, 4.69) is 5.32 Å². The number of hydrogen-bond donors (Lipinski definition) is 1. The quantitative estimate of drug-likeness (QED) is 0.520. The highest BCUT2D eigenvalue weighted by Crippen LogP contribution is 2.13. The third kappa shape index (κ3) is 2.99. The maximum Gasteiger partial charge on any atom is 0.359 e. The fourth-order valence-corrected chi connectivity index (χ4v) is 1.09. The van der Waals surface area contributed by atoms with Crippen molar-refractivity contribution in [3.63, 3.8) is 0 Å². The van der Waals surface area contributed by atoms with Crippen molar-refractivity contribution in [2.24, 2.45) is 0 Å². The van der Waals surface area contributed by atoms with Crippen molar-refractivity contribution in [2.45, 2.75) is 32.9 Å². The molecular weight excluding hydrogens is 186 g/mol. The van der Waals surface area contributed by atoms with Gasteiger partial charge in [-0.15, -0.1) is 0 Å². The predicted octanol–water partition coefficient (Wildman–Crippen LogP) is 0.438. The van der Waals surface area contributed by atoms with E-state index in [0.29, 0.717) is 6.42 Å². The van der Waals surface area contributed by atoms with Crippen molar-refractivity contribution in [3.05, 3.63) is 0 Å². The third-order valence-corrected chi connectivity index (χ3v) is 1.83. The first kappa shape index (κ1) is 12.9. The van der Waals surface area contributed by atoms with E-state index in [9.17, 15) is 9.59 Å². The van der Waals surface area contributed by atoms with Gasteiger partial charge in [0.15, 0.2) is 0 Å². The minimum atomic E-state index is -1.35. The van der Waals surface area contributed by atoms with Crippen LogP contribution in [-0.4, -0.2) is 31.3 Å². The van der Waals surface area contributed by atoms with Gasteiger partial charge < -0.3 is 14.8 Å². The lowest BCUT2D eigenvalue weighted by Gasteiger charge is -2.28. The fourth-order valence-electron chi connectivity index (χ4n) is 1.09. The molecule has 0 saturated heterocycles. The summed E-state index contributed by atoms with van der Waals surface area (Å²) in [7, 11) is 1.36. The van der Waals surface area contributed by atoms with Gasteiger partial charge in [0.2, 0.25) is 11.6 Å². The zero-order chi connectivity index (χ0) is 11.2. The Morgan fingerprint density at radius 3 is 2.21 bits per heavy atom. The molecule has 1 atom stereocenters. The molecule has 0 radical (unpaired) electrons. The van der Waals surface area contributed by atoms with Crippen LogP contribution in [-0.2, 0) is 19.1 Å². The first-order valence-corrected chi connectivity index (χ1v) is 4.53. The summed E-state index contributed by atoms with van der Waals surface area (Å²) in [4.78, 5) is 22.4. The third-order valence-electron chi connectivity index (χ3n) is 1.83. The molecule has 0 aliphatic heterocycles. The summed E-state index contributed by atoms with van der Waals surface area (Å²) in [5.41, 5.74) is -1.35. The van der Waals surface area contributed by atoms with Crippen LogP contribution in [0.1, 0.15) is 27.2 Å². The highest BCUT2D eigenvalue weighted by atomic mass is 16.6. The second-order valence-corrected chi connectivity index (χ2v) is 2.79. The van der Waals surface area contributed by atoms with Gasteiger partial charge in [0.25, 0.3) is 0 Å². The zero-order valence-electron chi connectivity index (χ0n) is 9.05. The van der Waals surface area contributed by atoms with Crippen molar-refractivity contribution < 1.29 is 19.1 Å². The minimum Gasteiger partial charge on any atom is -0.462 e. The van der Waals surface area contributed by atoms with E-state index in [-0.39, 0.29) is 12.5 Å². The standard InChI is InChI=1S/C9H17NO4/c1-5-9(13-4,10-7(3)11)8(12)14-6-2/h5-6H2,1-4H3,(H,10,11). The largest absolute Gasteiger partial charge is 0.462 e. The number of carbonyl (C=O) groups excluding carboxylic acids is 2. The Hall–Kier alpha value is -1.10. The van der Waals surface area contributed by atoms with Gasteiger partial charge in [-0.2, -0.15) is 0 Å². The van der Waals surface area contributed by atoms with Gasteiger partial charge in [0, 0.05) is 20.5 Å². The number of nitrogens with one attached hydrogen (secondary N) is 1. The van der Waals surface area contributed by atoms with E-state index in [1.807, 2.05) is 0 Å². The van der Waals surface area contributed by atoms with E-state index in [1.54, 1.807) is 13.8 Å². The van der Waals surface area contributed by atoms with E-state index < -0.39 is 11.7 Å². The molecule has 0 spiro atoms. The van der Waals surface area contributed by atoms with E-state index in [4.69, 9.17) is 9.47 Å². The van der Waals surface area contributed by atoms with Crippen LogP contribution in [0.15, 0.2) is 0 Å². The van der Waals surface area contributed by atoms with Crippen molar-refractivity contribution in [1.29, 1.82) is 0 Å². The first-order valence-electron chi connectivity index (χ1n) is 4.53. The lowest BCUT2D eigenvalue weighted by atomic mass is 10.1. The molecule has 1 unspecified atom stereocenters. The summed E-state index contributed by atoms with van der Waals surface area (Å²) >= 11 is 0. The van der Waals surface area contributed by atoms with Crippen LogP contribution in [0.5, 0.6) is 0 Å². The molecule has 1 amide bonds. The monoisotopic (exact) mass is 203 g/mol. The zero-order valence-corrected chi connectivity index (χ0v) is 9.05. The second kappa shape index (κ2) is 5.59. The van der Waals surface area contributed by atoms with Crippen molar-refractivity contribution >= 4 is 11.9 Å². The number of ether oxygens (including phenoxy) is 2. The molecule has 0 aromatic heterocycles. The summed E-state index contributed by atoms with van der Waals surface area (Å²) in [6.45, 7) is 5.00. The summed E-state index contributed by atoms with van der Waals surface area (Å²) in [5.74, 6) is -0.901. The van der Waals surface area contributed by atoms with Crippen LogP contribution in [0.4, 0.5) is 0 Å². The van der Waals surface area contributed by atoms with Crippen LogP contribution < -0.4 is 5.32 Å². The summed E-state index contributed by atoms with van der Waals surface area (Å²) in [5, 5.41) is 2.44. The van der Waals surface area contributed by atoms with Crippen molar-refractivity contribution in [2.75, 3.05) is 13.7 Å². The van der Waals surface area contributed by atoms with Crippen LogP contribution in [0, 0.1) is 0 Å². The predicted molar refractivity (Wildman–Crippen MR) is 50.5 cm³/mol. The average molecular weight is 203 g/mol.